The van der Waals surface area contributed by atoms with Gasteiger partial charge < -0.3 is 18.0 Å². The molecule has 14 rings (SSSR count). The second-order valence-electron chi connectivity index (χ2n) is 16.4. The summed E-state index contributed by atoms with van der Waals surface area (Å²) in [5.41, 5.74) is 12.5. The van der Waals surface area contributed by atoms with Gasteiger partial charge in [0.05, 0.1) is 27.6 Å². The van der Waals surface area contributed by atoms with Gasteiger partial charge in [-0.05, 0) is 91.0 Å². The molecule has 0 saturated heterocycles. The maximum atomic E-state index is 6.50. The summed E-state index contributed by atoms with van der Waals surface area (Å²) in [6.07, 6.45) is 0. The van der Waals surface area contributed by atoms with Gasteiger partial charge in [-0.2, -0.15) is 0 Å². The molecule has 0 unspecified atom stereocenters. The number of nitrogens with zero attached hydrogens (tertiary/aromatic N) is 5. The molecule has 5 aromatic heterocycles. The third-order valence-corrected chi connectivity index (χ3v) is 12.8. The molecule has 0 aliphatic rings. The number of hydrogen-bond donors (Lipinski definition) is 0. The van der Waals surface area contributed by atoms with Crippen LogP contribution in [0.4, 0.5) is 0 Å². The molecule has 298 valence electrons. The normalized spacial score (nSPS) is 12.1. The Hall–Kier alpha value is -8.81. The zero-order valence-corrected chi connectivity index (χ0v) is 34.1. The van der Waals surface area contributed by atoms with Crippen LogP contribution in [0.5, 0.6) is 0 Å². The minimum Gasteiger partial charge on any atom is -0.456 e. The average Bonchev–Trinajstić information content (AvgIpc) is 4.11. The zero-order valence-electron chi connectivity index (χ0n) is 34.1. The van der Waals surface area contributed by atoms with Crippen LogP contribution < -0.4 is 0 Å². The molecule has 0 amide bonds. The van der Waals surface area contributed by atoms with Gasteiger partial charge in [0, 0.05) is 65.6 Å². The Kier molecular flexibility index (Phi) is 7.27. The molecule has 14 aromatic rings. The van der Waals surface area contributed by atoms with Crippen molar-refractivity contribution in [3.8, 4) is 45.5 Å². The number of furan rings is 2. The molecule has 0 spiro atoms. The summed E-state index contributed by atoms with van der Waals surface area (Å²) in [7, 11) is 0. The molecule has 0 bridgehead atoms. The lowest BCUT2D eigenvalue weighted by atomic mass is 10.1. The van der Waals surface area contributed by atoms with Crippen LogP contribution in [-0.4, -0.2) is 24.1 Å². The van der Waals surface area contributed by atoms with Crippen molar-refractivity contribution in [3.05, 3.63) is 200 Å². The zero-order chi connectivity index (χ0) is 41.9. The van der Waals surface area contributed by atoms with Gasteiger partial charge in [-0.25, -0.2) is 15.0 Å². The van der Waals surface area contributed by atoms with E-state index < -0.39 is 0 Å². The Balaban J connectivity index is 0.950. The third kappa shape index (κ3) is 5.12. The molecule has 0 atom stereocenters. The van der Waals surface area contributed by atoms with Crippen molar-refractivity contribution >= 4 is 87.5 Å². The third-order valence-electron chi connectivity index (χ3n) is 12.8. The van der Waals surface area contributed by atoms with E-state index in [2.05, 4.69) is 155 Å². The summed E-state index contributed by atoms with van der Waals surface area (Å²) in [5.74, 6) is 1.63. The lowest BCUT2D eigenvalue weighted by molar-refractivity contribution is 0.668. The van der Waals surface area contributed by atoms with Crippen molar-refractivity contribution in [2.45, 2.75) is 0 Å². The number of para-hydroxylation sites is 6. The van der Waals surface area contributed by atoms with Gasteiger partial charge in [0.2, 0.25) is 0 Å². The van der Waals surface area contributed by atoms with E-state index in [0.717, 1.165) is 83.0 Å². The Bertz CT molecular complexity index is 4190. The average molecular weight is 820 g/mol. The summed E-state index contributed by atoms with van der Waals surface area (Å²) in [6, 6.07) is 69.8. The second-order valence-corrected chi connectivity index (χ2v) is 16.4. The van der Waals surface area contributed by atoms with E-state index in [9.17, 15) is 0 Å². The van der Waals surface area contributed by atoms with Crippen molar-refractivity contribution in [2.75, 3.05) is 0 Å². The molecule has 0 N–H and O–H groups in total. The van der Waals surface area contributed by atoms with Gasteiger partial charge in [-0.15, -0.1) is 0 Å². The van der Waals surface area contributed by atoms with Gasteiger partial charge in [-0.3, -0.25) is 0 Å². The molecule has 5 heterocycles. The topological polar surface area (TPSA) is 74.8 Å². The van der Waals surface area contributed by atoms with Gasteiger partial charge in [0.1, 0.15) is 22.3 Å². The summed E-state index contributed by atoms with van der Waals surface area (Å²) in [4.78, 5) is 15.5. The molecular weight excluding hydrogens is 787 g/mol. The van der Waals surface area contributed by atoms with Crippen LogP contribution >= 0.6 is 0 Å². The van der Waals surface area contributed by atoms with E-state index in [0.29, 0.717) is 17.5 Å². The molecule has 0 aliphatic carbocycles. The van der Waals surface area contributed by atoms with Gasteiger partial charge in [-0.1, -0.05) is 109 Å². The van der Waals surface area contributed by atoms with Crippen molar-refractivity contribution in [2.24, 2.45) is 0 Å². The van der Waals surface area contributed by atoms with Crippen LogP contribution in [0.3, 0.4) is 0 Å². The number of fused-ring (bicyclic) bond motifs is 12. The molecule has 0 aliphatic heterocycles. The first kappa shape index (κ1) is 34.9. The molecule has 0 saturated carbocycles. The highest BCUT2D eigenvalue weighted by molar-refractivity contribution is 6.19. The van der Waals surface area contributed by atoms with E-state index in [4.69, 9.17) is 23.8 Å². The van der Waals surface area contributed by atoms with Crippen LogP contribution in [0.2, 0.25) is 0 Å². The van der Waals surface area contributed by atoms with Gasteiger partial charge >= 0.3 is 0 Å². The lowest BCUT2D eigenvalue weighted by Gasteiger charge is -2.11. The van der Waals surface area contributed by atoms with E-state index in [1.165, 1.54) is 32.6 Å². The van der Waals surface area contributed by atoms with Crippen LogP contribution in [0.15, 0.2) is 209 Å². The Labute approximate surface area is 364 Å². The Morgan fingerprint density at radius 3 is 1.48 bits per heavy atom. The summed E-state index contributed by atoms with van der Waals surface area (Å²) >= 11 is 0. The minimum absolute atomic E-state index is 0.527. The predicted octanol–water partition coefficient (Wildman–Crippen LogP) is 14.9. The highest BCUT2D eigenvalue weighted by atomic mass is 16.3. The number of benzene rings is 9. The maximum Gasteiger partial charge on any atom is 0.167 e. The van der Waals surface area contributed by atoms with Gasteiger partial charge in [0.15, 0.2) is 17.5 Å². The fourth-order valence-corrected chi connectivity index (χ4v) is 9.87. The molecule has 7 nitrogen and oxygen atoms in total. The number of hydrogen-bond acceptors (Lipinski definition) is 5. The molecule has 7 heteroatoms. The molecule has 0 radical (unpaired) electrons. The number of aromatic nitrogens is 5. The van der Waals surface area contributed by atoms with Crippen molar-refractivity contribution < 1.29 is 8.83 Å². The Morgan fingerprint density at radius 2 is 0.797 bits per heavy atom. The van der Waals surface area contributed by atoms with Crippen LogP contribution in [0.1, 0.15) is 0 Å². The Morgan fingerprint density at radius 1 is 0.297 bits per heavy atom. The van der Waals surface area contributed by atoms with Crippen LogP contribution in [0, 0.1) is 0 Å². The highest BCUT2D eigenvalue weighted by Crippen LogP contribution is 2.41. The standard InChI is InChI=1S/C57H33N5O2/c1-2-13-36(14-3-1)61-47-21-8-4-15-38(47)45-33-50-46(32-49(45)61)39-16-5-9-22-48(39)62(50)37-28-25-34(26-29-37)55-58-56(35-27-30-42-40-17-6-10-23-51(40)63-53(42)31-35)60-57(59-55)44-20-12-19-43-41-18-7-11-24-52(41)64-54(43)44/h1-33H. The monoisotopic (exact) mass is 819 g/mol. The smallest absolute Gasteiger partial charge is 0.167 e. The van der Waals surface area contributed by atoms with Crippen molar-refractivity contribution in [1.29, 1.82) is 0 Å². The van der Waals surface area contributed by atoms with E-state index in [-0.39, 0.29) is 0 Å². The fraction of sp³-hybridized carbons (Fsp3) is 0. The largest absolute Gasteiger partial charge is 0.456 e. The van der Waals surface area contributed by atoms with Crippen LogP contribution in [-0.2, 0) is 0 Å². The highest BCUT2D eigenvalue weighted by Gasteiger charge is 2.21. The van der Waals surface area contributed by atoms with E-state index >= 15 is 0 Å². The first-order chi connectivity index (χ1) is 31.7. The molecule has 9 aromatic carbocycles. The summed E-state index contributed by atoms with van der Waals surface area (Å²) in [5, 5.41) is 8.99. The van der Waals surface area contributed by atoms with Gasteiger partial charge in [0.25, 0.3) is 0 Å². The van der Waals surface area contributed by atoms with Crippen molar-refractivity contribution in [3.63, 3.8) is 0 Å². The minimum atomic E-state index is 0.527. The predicted molar refractivity (Wildman–Crippen MR) is 259 cm³/mol. The van der Waals surface area contributed by atoms with E-state index in [1.807, 2.05) is 54.6 Å². The first-order valence-electron chi connectivity index (χ1n) is 21.4. The lowest BCUT2D eigenvalue weighted by Crippen LogP contribution is -2.01. The molecule has 64 heavy (non-hydrogen) atoms. The van der Waals surface area contributed by atoms with E-state index in [1.54, 1.807) is 0 Å². The quantitative estimate of drug-likeness (QED) is 0.173. The SMILES string of the molecule is c1ccc(-n2c3ccccc3c3cc4c(cc32)c2ccccc2n4-c2ccc(-c3nc(-c4ccc5c(c4)oc4ccccc45)nc(-c4cccc5c4oc4ccccc45)n3)cc2)cc1. The summed E-state index contributed by atoms with van der Waals surface area (Å²) in [6.45, 7) is 0. The number of rotatable bonds is 5. The second kappa shape index (κ2) is 13.3. The summed E-state index contributed by atoms with van der Waals surface area (Å²) < 4.78 is 17.6. The maximum absolute atomic E-state index is 6.50. The van der Waals surface area contributed by atoms with Crippen LogP contribution in [0.25, 0.3) is 133 Å². The molecule has 0 fully saturated rings. The fourth-order valence-electron chi connectivity index (χ4n) is 9.87. The van der Waals surface area contributed by atoms with Crippen molar-refractivity contribution in [1.82, 2.24) is 24.1 Å². The molecular formula is C57H33N5O2. The first-order valence-corrected chi connectivity index (χ1v) is 21.4.